The molecule has 0 aliphatic heterocycles. The Balaban J connectivity index is 2.30. The summed E-state index contributed by atoms with van der Waals surface area (Å²) in [5.74, 6) is 1.27. The summed E-state index contributed by atoms with van der Waals surface area (Å²) in [5, 5.41) is 7.71. The van der Waals surface area contributed by atoms with Crippen molar-refractivity contribution in [2.75, 3.05) is 5.32 Å². The molecule has 0 bridgehead atoms. The van der Waals surface area contributed by atoms with E-state index < -0.39 is 0 Å². The first-order valence-corrected chi connectivity index (χ1v) is 5.66. The summed E-state index contributed by atoms with van der Waals surface area (Å²) in [7, 11) is 0. The summed E-state index contributed by atoms with van der Waals surface area (Å²) in [6, 6.07) is 4.39. The van der Waals surface area contributed by atoms with Crippen molar-refractivity contribution in [1.82, 2.24) is 14.6 Å². The Kier molecular flexibility index (Phi) is 2.81. The molecule has 1 N–H and O–H groups in total. The van der Waals surface area contributed by atoms with Crippen LogP contribution >= 0.6 is 0 Å². The van der Waals surface area contributed by atoms with Crippen LogP contribution in [-0.4, -0.2) is 20.6 Å². The van der Waals surface area contributed by atoms with Crippen molar-refractivity contribution >= 4 is 11.6 Å². The van der Waals surface area contributed by atoms with Gasteiger partial charge in [0, 0.05) is 12.2 Å². The molecule has 2 aromatic heterocycles. The molecule has 4 heteroatoms. The van der Waals surface area contributed by atoms with Gasteiger partial charge in [0.25, 0.3) is 0 Å². The minimum absolute atomic E-state index is 0.373. The Hall–Kier alpha value is -1.58. The molecule has 16 heavy (non-hydrogen) atoms. The van der Waals surface area contributed by atoms with Crippen LogP contribution in [0.3, 0.4) is 0 Å². The highest BCUT2D eigenvalue weighted by atomic mass is 15.3. The van der Waals surface area contributed by atoms with Crippen LogP contribution in [0.4, 0.5) is 5.95 Å². The van der Waals surface area contributed by atoms with Crippen LogP contribution in [0.1, 0.15) is 26.3 Å². The van der Waals surface area contributed by atoms with Gasteiger partial charge in [-0.15, -0.1) is 5.10 Å². The quantitative estimate of drug-likeness (QED) is 0.860. The lowest BCUT2D eigenvalue weighted by Crippen LogP contribution is -2.22. The Morgan fingerprint density at radius 1 is 1.31 bits per heavy atom. The minimum atomic E-state index is 0.373. The number of anilines is 1. The van der Waals surface area contributed by atoms with Gasteiger partial charge in [0.05, 0.1) is 0 Å². The van der Waals surface area contributed by atoms with Gasteiger partial charge in [-0.2, -0.15) is 4.98 Å². The van der Waals surface area contributed by atoms with Crippen molar-refractivity contribution in [3.8, 4) is 0 Å². The third-order valence-electron chi connectivity index (χ3n) is 2.91. The van der Waals surface area contributed by atoms with Crippen molar-refractivity contribution in [3.63, 3.8) is 0 Å². The van der Waals surface area contributed by atoms with Crippen LogP contribution in [0.5, 0.6) is 0 Å². The van der Waals surface area contributed by atoms with Gasteiger partial charge in [0.2, 0.25) is 5.95 Å². The van der Waals surface area contributed by atoms with Crippen molar-refractivity contribution in [1.29, 1.82) is 0 Å². The molecule has 1 atom stereocenters. The maximum Gasteiger partial charge on any atom is 0.243 e. The first kappa shape index (κ1) is 10.9. The van der Waals surface area contributed by atoms with Crippen molar-refractivity contribution in [3.05, 3.63) is 23.9 Å². The van der Waals surface area contributed by atoms with E-state index in [4.69, 9.17) is 0 Å². The fraction of sp³-hybridized carbons (Fsp3) is 0.500. The topological polar surface area (TPSA) is 42.2 Å². The molecule has 0 saturated heterocycles. The smallest absolute Gasteiger partial charge is 0.243 e. The SMILES string of the molecule is Cc1cccn2nc(NC(C)C(C)C)nc12. The van der Waals surface area contributed by atoms with Crippen LogP contribution in [0.2, 0.25) is 0 Å². The van der Waals surface area contributed by atoms with Crippen LogP contribution in [0.15, 0.2) is 18.3 Å². The number of pyridine rings is 1. The third-order valence-corrected chi connectivity index (χ3v) is 2.91. The molecule has 86 valence electrons. The first-order valence-electron chi connectivity index (χ1n) is 5.66. The monoisotopic (exact) mass is 218 g/mol. The van der Waals surface area contributed by atoms with Crippen molar-refractivity contribution in [2.45, 2.75) is 33.7 Å². The first-order chi connectivity index (χ1) is 7.58. The van der Waals surface area contributed by atoms with Gasteiger partial charge in [-0.05, 0) is 31.4 Å². The molecule has 0 spiro atoms. The highest BCUT2D eigenvalue weighted by Gasteiger charge is 2.10. The number of nitrogens with zero attached hydrogens (tertiary/aromatic N) is 3. The number of nitrogens with one attached hydrogen (secondary N) is 1. The predicted molar refractivity (Wildman–Crippen MR) is 65.6 cm³/mol. The van der Waals surface area contributed by atoms with Crippen LogP contribution < -0.4 is 5.32 Å². The standard InChI is InChI=1S/C12H18N4/c1-8(2)10(4)13-12-14-11-9(3)6-5-7-16(11)15-12/h5-8,10H,1-4H3,(H,13,15). The van der Waals surface area contributed by atoms with E-state index in [9.17, 15) is 0 Å². The van der Waals surface area contributed by atoms with E-state index in [0.29, 0.717) is 17.9 Å². The molecule has 0 saturated carbocycles. The van der Waals surface area contributed by atoms with Crippen LogP contribution in [0.25, 0.3) is 5.65 Å². The Labute approximate surface area is 95.7 Å². The van der Waals surface area contributed by atoms with Crippen LogP contribution in [0, 0.1) is 12.8 Å². The lowest BCUT2D eigenvalue weighted by molar-refractivity contribution is 0.556. The van der Waals surface area contributed by atoms with Crippen molar-refractivity contribution in [2.24, 2.45) is 5.92 Å². The van der Waals surface area contributed by atoms with Gasteiger partial charge in [0.15, 0.2) is 5.65 Å². The summed E-state index contributed by atoms with van der Waals surface area (Å²) in [5.41, 5.74) is 2.06. The normalized spacial score (nSPS) is 13.3. The number of aryl methyl sites for hydroxylation is 1. The molecule has 2 aromatic rings. The number of fused-ring (bicyclic) bond motifs is 1. The van der Waals surface area contributed by atoms with Gasteiger partial charge in [-0.25, -0.2) is 4.52 Å². The molecule has 0 radical (unpaired) electrons. The van der Waals surface area contributed by atoms with E-state index in [0.717, 1.165) is 11.2 Å². The highest BCUT2D eigenvalue weighted by Crippen LogP contribution is 2.12. The maximum absolute atomic E-state index is 4.48. The number of rotatable bonds is 3. The second kappa shape index (κ2) is 4.12. The summed E-state index contributed by atoms with van der Waals surface area (Å²) in [4.78, 5) is 4.48. The number of hydrogen-bond acceptors (Lipinski definition) is 3. The molecule has 0 aliphatic rings. The zero-order valence-corrected chi connectivity index (χ0v) is 10.2. The zero-order chi connectivity index (χ0) is 11.7. The fourth-order valence-corrected chi connectivity index (χ4v) is 1.47. The van der Waals surface area contributed by atoms with E-state index in [1.54, 1.807) is 0 Å². The summed E-state index contributed by atoms with van der Waals surface area (Å²) in [6.07, 6.45) is 1.92. The maximum atomic E-state index is 4.48. The van der Waals surface area contributed by atoms with Crippen LogP contribution in [-0.2, 0) is 0 Å². The van der Waals surface area contributed by atoms with E-state index in [-0.39, 0.29) is 0 Å². The van der Waals surface area contributed by atoms with Gasteiger partial charge < -0.3 is 5.32 Å². The molecule has 0 fully saturated rings. The lowest BCUT2D eigenvalue weighted by Gasteiger charge is -2.15. The second-order valence-electron chi connectivity index (χ2n) is 4.57. The molecule has 4 nitrogen and oxygen atoms in total. The largest absolute Gasteiger partial charge is 0.350 e. The fourth-order valence-electron chi connectivity index (χ4n) is 1.47. The van der Waals surface area contributed by atoms with Gasteiger partial charge in [-0.1, -0.05) is 19.9 Å². The van der Waals surface area contributed by atoms with E-state index in [1.165, 1.54) is 0 Å². The van der Waals surface area contributed by atoms with E-state index in [2.05, 4.69) is 36.2 Å². The second-order valence-corrected chi connectivity index (χ2v) is 4.57. The number of aromatic nitrogens is 3. The third kappa shape index (κ3) is 2.01. The van der Waals surface area contributed by atoms with E-state index >= 15 is 0 Å². The molecule has 0 aromatic carbocycles. The Morgan fingerprint density at radius 2 is 2.06 bits per heavy atom. The Bertz CT molecular complexity index is 487. The van der Waals surface area contributed by atoms with Gasteiger partial charge >= 0.3 is 0 Å². The molecule has 2 heterocycles. The Morgan fingerprint density at radius 3 is 2.69 bits per heavy atom. The highest BCUT2D eigenvalue weighted by molar-refractivity contribution is 5.49. The summed E-state index contributed by atoms with van der Waals surface area (Å²) >= 11 is 0. The zero-order valence-electron chi connectivity index (χ0n) is 10.2. The average Bonchev–Trinajstić information content (AvgIpc) is 2.61. The molecule has 2 rings (SSSR count). The molecular formula is C12H18N4. The van der Waals surface area contributed by atoms with Gasteiger partial charge in [0.1, 0.15) is 0 Å². The summed E-state index contributed by atoms with van der Waals surface area (Å²) in [6.45, 7) is 8.54. The van der Waals surface area contributed by atoms with E-state index in [1.807, 2.05) is 29.8 Å². The average molecular weight is 218 g/mol. The molecule has 0 amide bonds. The molecular weight excluding hydrogens is 200 g/mol. The molecule has 0 aliphatic carbocycles. The minimum Gasteiger partial charge on any atom is -0.350 e. The number of hydrogen-bond donors (Lipinski definition) is 1. The lowest BCUT2D eigenvalue weighted by atomic mass is 10.1. The van der Waals surface area contributed by atoms with Gasteiger partial charge in [-0.3, -0.25) is 0 Å². The summed E-state index contributed by atoms with van der Waals surface area (Å²) < 4.78 is 1.81. The van der Waals surface area contributed by atoms with Crippen molar-refractivity contribution < 1.29 is 0 Å². The predicted octanol–water partition coefficient (Wildman–Crippen LogP) is 2.49. The molecule has 1 unspecified atom stereocenters.